The minimum Gasteiger partial charge on any atom is -0.598 e. The Hall–Kier alpha value is -2.59. The zero-order valence-corrected chi connectivity index (χ0v) is 18.9. The molecule has 1 aliphatic heterocycles. The van der Waals surface area contributed by atoms with Crippen LogP contribution in [-0.2, 0) is 30.5 Å². The molecule has 2 heterocycles. The van der Waals surface area contributed by atoms with E-state index >= 15 is 0 Å². The predicted octanol–water partition coefficient (Wildman–Crippen LogP) is 4.55. The van der Waals surface area contributed by atoms with Crippen molar-refractivity contribution in [1.29, 1.82) is 0 Å². The number of anilines is 2. The molecule has 1 atom stereocenters. The third-order valence-electron chi connectivity index (χ3n) is 5.63. The summed E-state index contributed by atoms with van der Waals surface area (Å²) in [7, 11) is 0. The van der Waals surface area contributed by atoms with Crippen molar-refractivity contribution in [2.75, 3.05) is 30.9 Å². The van der Waals surface area contributed by atoms with Crippen LogP contribution in [0.1, 0.15) is 16.8 Å². The van der Waals surface area contributed by atoms with E-state index in [0.29, 0.717) is 31.7 Å². The van der Waals surface area contributed by atoms with E-state index in [9.17, 15) is 22.8 Å². The average Bonchev–Trinajstić information content (AvgIpc) is 2.98. The number of fused-ring (bicyclic) bond motifs is 1. The summed E-state index contributed by atoms with van der Waals surface area (Å²) in [6.45, 7) is 1.44. The third kappa shape index (κ3) is 5.33. The number of halogens is 3. The lowest BCUT2D eigenvalue weighted by Gasteiger charge is -2.25. The number of nitrogens with zero attached hydrogens (tertiary/aromatic N) is 3. The zero-order chi connectivity index (χ0) is 23.6. The molecule has 5 nitrogen and oxygen atoms in total. The maximum atomic E-state index is 13.0. The average molecular weight is 476 g/mol. The Kier molecular flexibility index (Phi) is 6.94. The fourth-order valence-electron chi connectivity index (χ4n) is 3.95. The monoisotopic (exact) mass is 475 g/mol. The van der Waals surface area contributed by atoms with E-state index in [2.05, 4.69) is 4.98 Å². The lowest BCUT2D eigenvalue weighted by molar-refractivity contribution is -0.137. The highest BCUT2D eigenvalue weighted by atomic mass is 32.2. The summed E-state index contributed by atoms with van der Waals surface area (Å²) < 4.78 is 53.2. The van der Waals surface area contributed by atoms with E-state index in [0.717, 1.165) is 40.3 Å². The van der Waals surface area contributed by atoms with Crippen molar-refractivity contribution in [2.45, 2.75) is 19.1 Å². The number of benzene rings is 2. The van der Waals surface area contributed by atoms with E-state index in [1.165, 1.54) is 12.1 Å². The van der Waals surface area contributed by atoms with E-state index in [-0.39, 0.29) is 6.61 Å². The first kappa shape index (κ1) is 23.6. The first-order valence-electron chi connectivity index (χ1n) is 10.5. The first-order valence-corrected chi connectivity index (χ1v) is 12.0. The molecule has 33 heavy (non-hydrogen) atoms. The Labute approximate surface area is 193 Å². The van der Waals surface area contributed by atoms with Crippen molar-refractivity contribution in [2.24, 2.45) is 0 Å². The first-order chi connectivity index (χ1) is 15.8. The molecule has 0 radical (unpaired) electrons. The standard InChI is InChI=1S/C24H24F3N3O2S/c1-33(32)29-12-13-30(21-8-6-19(7-9-21)24(25,26)27)23-10-5-17(15-18(23)16-29)22-4-2-3-20(28-22)11-14-31/h2-10,15,31H,11-14,16H2,1H3. The molecule has 0 saturated carbocycles. The van der Waals surface area contributed by atoms with Gasteiger partial charge in [0.05, 0.1) is 24.3 Å². The zero-order valence-electron chi connectivity index (χ0n) is 18.0. The second kappa shape index (κ2) is 9.72. The number of rotatable bonds is 5. The Morgan fingerprint density at radius 1 is 1.06 bits per heavy atom. The highest BCUT2D eigenvalue weighted by molar-refractivity contribution is 7.88. The number of aliphatic hydroxyl groups is 1. The molecule has 1 unspecified atom stereocenters. The summed E-state index contributed by atoms with van der Waals surface area (Å²) in [4.78, 5) is 6.58. The van der Waals surface area contributed by atoms with Gasteiger partial charge in [-0.2, -0.15) is 13.2 Å². The molecule has 0 amide bonds. The smallest absolute Gasteiger partial charge is 0.416 e. The van der Waals surface area contributed by atoms with Gasteiger partial charge < -0.3 is 14.6 Å². The van der Waals surface area contributed by atoms with Crippen molar-refractivity contribution in [1.82, 2.24) is 9.29 Å². The van der Waals surface area contributed by atoms with Gasteiger partial charge in [-0.1, -0.05) is 12.1 Å². The van der Waals surface area contributed by atoms with Crippen LogP contribution < -0.4 is 4.90 Å². The summed E-state index contributed by atoms with van der Waals surface area (Å²) in [6.07, 6.45) is -2.31. The van der Waals surface area contributed by atoms with Crippen LogP contribution in [0.3, 0.4) is 0 Å². The molecule has 3 aromatic rings. The van der Waals surface area contributed by atoms with Crippen LogP contribution in [0.4, 0.5) is 24.5 Å². The summed E-state index contributed by atoms with van der Waals surface area (Å²) in [6, 6.07) is 16.6. The van der Waals surface area contributed by atoms with Crippen molar-refractivity contribution in [3.63, 3.8) is 0 Å². The van der Waals surface area contributed by atoms with E-state index in [1.54, 1.807) is 6.26 Å². The molecule has 0 fully saturated rings. The number of hydrogen-bond donors (Lipinski definition) is 1. The van der Waals surface area contributed by atoms with Gasteiger partial charge in [0.25, 0.3) is 0 Å². The van der Waals surface area contributed by atoms with Crippen molar-refractivity contribution in [3.05, 3.63) is 77.5 Å². The summed E-state index contributed by atoms with van der Waals surface area (Å²) in [5.41, 5.74) is 4.15. The van der Waals surface area contributed by atoms with E-state index < -0.39 is 23.1 Å². The van der Waals surface area contributed by atoms with Crippen LogP contribution in [0.2, 0.25) is 0 Å². The SMILES string of the molecule is C[S+]([O-])N1CCN(c2ccc(C(F)(F)F)cc2)c2ccc(-c3cccc(CCO)n3)cc2C1. The molecule has 9 heteroatoms. The van der Waals surface area contributed by atoms with Gasteiger partial charge in [0, 0.05) is 53.6 Å². The maximum absolute atomic E-state index is 13.0. The van der Waals surface area contributed by atoms with Crippen LogP contribution >= 0.6 is 0 Å². The molecule has 4 rings (SSSR count). The second-order valence-electron chi connectivity index (χ2n) is 7.81. The summed E-state index contributed by atoms with van der Waals surface area (Å²) in [5, 5.41) is 9.21. The van der Waals surface area contributed by atoms with Crippen molar-refractivity contribution >= 4 is 22.7 Å². The van der Waals surface area contributed by atoms with Gasteiger partial charge >= 0.3 is 6.18 Å². The van der Waals surface area contributed by atoms with E-state index in [1.807, 2.05) is 45.6 Å². The van der Waals surface area contributed by atoms with Crippen molar-refractivity contribution in [3.8, 4) is 11.3 Å². The van der Waals surface area contributed by atoms with Crippen LogP contribution in [0.5, 0.6) is 0 Å². The normalized spacial score (nSPS) is 15.8. The van der Waals surface area contributed by atoms with Gasteiger partial charge in [0.2, 0.25) is 0 Å². The van der Waals surface area contributed by atoms with Crippen LogP contribution in [-0.4, -0.2) is 44.9 Å². The Morgan fingerprint density at radius 2 is 1.82 bits per heavy atom. The minimum absolute atomic E-state index is 0.0139. The molecular formula is C24H24F3N3O2S. The van der Waals surface area contributed by atoms with Crippen LogP contribution in [0.25, 0.3) is 11.3 Å². The van der Waals surface area contributed by atoms with E-state index in [4.69, 9.17) is 0 Å². The van der Waals surface area contributed by atoms with Gasteiger partial charge in [-0.25, -0.2) is 0 Å². The number of aliphatic hydroxyl groups excluding tert-OH is 1. The lowest BCUT2D eigenvalue weighted by atomic mass is 10.0. The summed E-state index contributed by atoms with van der Waals surface area (Å²) >= 11 is -1.20. The highest BCUT2D eigenvalue weighted by Crippen LogP contribution is 2.36. The topological polar surface area (TPSA) is 62.7 Å². The molecule has 1 N–H and O–H groups in total. The van der Waals surface area contributed by atoms with Gasteiger partial charge in [0.1, 0.15) is 6.26 Å². The molecule has 1 aromatic heterocycles. The lowest BCUT2D eigenvalue weighted by Crippen LogP contribution is -2.33. The molecule has 0 aliphatic carbocycles. The third-order valence-corrected chi connectivity index (χ3v) is 6.67. The van der Waals surface area contributed by atoms with Gasteiger partial charge in [0.15, 0.2) is 0 Å². The quantitative estimate of drug-likeness (QED) is 0.549. The fraction of sp³-hybridized carbons (Fsp3) is 0.292. The van der Waals surface area contributed by atoms with Crippen LogP contribution in [0.15, 0.2) is 60.7 Å². The molecule has 174 valence electrons. The summed E-state index contributed by atoms with van der Waals surface area (Å²) in [5.74, 6) is 0. The Morgan fingerprint density at radius 3 is 2.48 bits per heavy atom. The largest absolute Gasteiger partial charge is 0.598 e. The molecule has 0 spiro atoms. The highest BCUT2D eigenvalue weighted by Gasteiger charge is 2.31. The van der Waals surface area contributed by atoms with Gasteiger partial charge in [-0.15, -0.1) is 4.31 Å². The second-order valence-corrected chi connectivity index (χ2v) is 9.18. The Balaban J connectivity index is 1.73. The number of alkyl halides is 3. The van der Waals surface area contributed by atoms with Crippen molar-refractivity contribution < 1.29 is 22.8 Å². The number of aromatic nitrogens is 1. The molecule has 0 bridgehead atoms. The maximum Gasteiger partial charge on any atom is 0.416 e. The van der Waals surface area contributed by atoms with Crippen LogP contribution in [0, 0.1) is 0 Å². The molecule has 1 aliphatic rings. The number of pyridine rings is 1. The minimum atomic E-state index is -4.39. The molecule has 0 saturated heterocycles. The van der Waals surface area contributed by atoms with Gasteiger partial charge in [-0.3, -0.25) is 4.98 Å². The Bertz CT molecular complexity index is 1110. The fourth-order valence-corrected chi connectivity index (χ4v) is 4.61. The van der Waals surface area contributed by atoms with Gasteiger partial charge in [-0.05, 0) is 54.1 Å². The number of hydrogen-bond acceptors (Lipinski definition) is 5. The molecular weight excluding hydrogens is 451 g/mol. The predicted molar refractivity (Wildman–Crippen MR) is 123 cm³/mol. The molecule has 2 aromatic carbocycles.